The second kappa shape index (κ2) is 18.1. The smallest absolute Gasteiger partial charge is 0.164 e. The summed E-state index contributed by atoms with van der Waals surface area (Å²) in [6, 6.07) is 31.9. The molecule has 6 heteroatoms. The number of aromatic nitrogens is 4. The highest BCUT2D eigenvalue weighted by molar-refractivity contribution is 6.01. The Kier molecular flexibility index (Phi) is 11.8. The third-order valence-electron chi connectivity index (χ3n) is 18.2. The zero-order chi connectivity index (χ0) is 52.3. The minimum Gasteiger partial charge on any atom is -0.309 e. The fourth-order valence-electron chi connectivity index (χ4n) is 12.4. The van der Waals surface area contributed by atoms with Gasteiger partial charge in [0.2, 0.25) is 0 Å². The highest BCUT2D eigenvalue weighted by Gasteiger charge is 2.37. The van der Waals surface area contributed by atoms with Gasteiger partial charge in [0, 0.05) is 46.9 Å². The van der Waals surface area contributed by atoms with Crippen LogP contribution in [0.4, 0.5) is 34.3 Å². The zero-order valence-corrected chi connectivity index (χ0v) is 46.3. The number of hydrogen-bond donors (Lipinski definition) is 0. The Bertz CT molecular complexity index is 3650. The van der Waals surface area contributed by atoms with E-state index in [1.807, 2.05) is 42.6 Å². The molecule has 74 heavy (non-hydrogen) atoms. The van der Waals surface area contributed by atoms with Crippen molar-refractivity contribution in [1.82, 2.24) is 19.9 Å². The van der Waals surface area contributed by atoms with Crippen molar-refractivity contribution >= 4 is 34.3 Å². The summed E-state index contributed by atoms with van der Waals surface area (Å²) < 4.78 is 0. The molecule has 9 aromatic rings. The number of benzene rings is 7. The van der Waals surface area contributed by atoms with Crippen molar-refractivity contribution < 1.29 is 0 Å². The summed E-state index contributed by atoms with van der Waals surface area (Å²) in [5.41, 5.74) is 37.8. The number of hydrogen-bond acceptors (Lipinski definition) is 6. The summed E-state index contributed by atoms with van der Waals surface area (Å²) in [5.74, 6) is 2.76. The number of fused-ring (bicyclic) bond motifs is 4. The first-order valence-electron chi connectivity index (χ1n) is 26.3. The normalized spacial score (nSPS) is 12.7. The minimum atomic E-state index is 0.608. The monoisotopic (exact) mass is 969 g/mol. The summed E-state index contributed by atoms with van der Waals surface area (Å²) in [6.07, 6.45) is 3.73. The molecule has 0 atom stereocenters. The Morgan fingerprint density at radius 2 is 0.662 bits per heavy atom. The molecule has 0 saturated heterocycles. The molecule has 0 unspecified atom stereocenters. The van der Waals surface area contributed by atoms with E-state index in [0.29, 0.717) is 17.5 Å². The van der Waals surface area contributed by atoms with Gasteiger partial charge < -0.3 is 4.90 Å². The standard InChI is InChI=1S/C68H68N6/c1-35-39(5)47(13)61-55(43(35)9)33-56-44(10)36(2)40(6)48(14)62(56)73(61)60-30-29-53(67-71-65(51-24-19-17-20-25-51)70-66(72-67)52-26-21-18-22-27-52)32-59(60)54-28-23-31-69-68(54)74-63-49(15)41(7)37(3)45(11)57(63)34-58-46(12)38(4)42(8)50(16)64(58)74/h17-32H,33-34H2,1-16H3. The van der Waals surface area contributed by atoms with Crippen LogP contribution in [0.15, 0.2) is 97.2 Å². The fraction of sp³-hybridized carbons (Fsp3) is 0.265. The predicted molar refractivity (Wildman–Crippen MR) is 310 cm³/mol. The first kappa shape index (κ1) is 48.6. The van der Waals surface area contributed by atoms with Crippen LogP contribution in [-0.4, -0.2) is 19.9 Å². The maximum Gasteiger partial charge on any atom is 0.164 e. The van der Waals surface area contributed by atoms with Crippen LogP contribution in [0.5, 0.6) is 0 Å². The number of pyridine rings is 1. The van der Waals surface area contributed by atoms with E-state index in [4.69, 9.17) is 19.9 Å². The molecule has 0 bridgehead atoms. The SMILES string of the molecule is Cc1c(C)c(C)c2c(c1C)Cc1c(C)c(C)c(C)c(C)c1N2c1ccc(-c2nc(-c3ccccc3)nc(-c3ccccc3)n2)cc1-c1cccnc1N1c2c(C)c(C)c(C)c(C)c2Cc2c(C)c(C)c(C)c(C)c21. The van der Waals surface area contributed by atoms with E-state index in [-0.39, 0.29) is 0 Å². The van der Waals surface area contributed by atoms with Crippen molar-refractivity contribution in [2.75, 3.05) is 9.80 Å². The van der Waals surface area contributed by atoms with Gasteiger partial charge in [-0.2, -0.15) is 0 Å². The van der Waals surface area contributed by atoms with Crippen molar-refractivity contribution in [2.45, 2.75) is 124 Å². The number of nitrogens with zero attached hydrogens (tertiary/aromatic N) is 6. The molecule has 0 amide bonds. The van der Waals surface area contributed by atoms with Gasteiger partial charge in [-0.15, -0.1) is 0 Å². The van der Waals surface area contributed by atoms with E-state index in [2.05, 4.69) is 175 Å². The molecule has 0 fully saturated rings. The lowest BCUT2D eigenvalue weighted by Gasteiger charge is -2.41. The van der Waals surface area contributed by atoms with Crippen LogP contribution in [0.25, 0.3) is 45.3 Å². The summed E-state index contributed by atoms with van der Waals surface area (Å²) in [5, 5.41) is 0. The first-order chi connectivity index (χ1) is 35.4. The molecule has 4 heterocycles. The molecule has 2 aliphatic rings. The van der Waals surface area contributed by atoms with Gasteiger partial charge in [-0.3, -0.25) is 4.90 Å². The first-order valence-corrected chi connectivity index (χ1v) is 26.3. The van der Waals surface area contributed by atoms with Gasteiger partial charge in [0.15, 0.2) is 17.5 Å². The van der Waals surface area contributed by atoms with Crippen LogP contribution in [0.1, 0.15) is 111 Å². The summed E-state index contributed by atoms with van der Waals surface area (Å²) >= 11 is 0. The largest absolute Gasteiger partial charge is 0.309 e. The van der Waals surface area contributed by atoms with E-state index in [9.17, 15) is 0 Å². The third-order valence-corrected chi connectivity index (χ3v) is 18.2. The quantitative estimate of drug-likeness (QED) is 0.165. The van der Waals surface area contributed by atoms with Gasteiger partial charge in [0.05, 0.1) is 28.4 Å². The molecule has 0 aliphatic carbocycles. The van der Waals surface area contributed by atoms with Gasteiger partial charge >= 0.3 is 0 Å². The minimum absolute atomic E-state index is 0.608. The topological polar surface area (TPSA) is 58.0 Å². The van der Waals surface area contributed by atoms with Gasteiger partial charge in [-0.05, 0) is 252 Å². The van der Waals surface area contributed by atoms with Crippen LogP contribution < -0.4 is 9.80 Å². The van der Waals surface area contributed by atoms with E-state index in [1.54, 1.807) is 0 Å². The van der Waals surface area contributed by atoms with Crippen molar-refractivity contribution in [1.29, 1.82) is 0 Å². The van der Waals surface area contributed by atoms with Gasteiger partial charge in [-0.25, -0.2) is 19.9 Å². The average molecular weight is 969 g/mol. The molecule has 0 radical (unpaired) electrons. The summed E-state index contributed by atoms with van der Waals surface area (Å²) in [6.45, 7) is 37.0. The van der Waals surface area contributed by atoms with Gasteiger partial charge in [0.25, 0.3) is 0 Å². The highest BCUT2D eigenvalue weighted by Crippen LogP contribution is 2.57. The molecule has 0 N–H and O–H groups in total. The van der Waals surface area contributed by atoms with Crippen molar-refractivity contribution in [3.05, 3.63) is 208 Å². The van der Waals surface area contributed by atoms with Crippen molar-refractivity contribution in [2.24, 2.45) is 0 Å². The maximum atomic E-state index is 5.59. The zero-order valence-electron chi connectivity index (χ0n) is 46.3. The molecular formula is C68H68N6. The highest BCUT2D eigenvalue weighted by atomic mass is 15.2. The molecule has 0 spiro atoms. The summed E-state index contributed by atoms with van der Waals surface area (Å²) in [4.78, 5) is 26.6. The van der Waals surface area contributed by atoms with Crippen LogP contribution in [0, 0.1) is 111 Å². The van der Waals surface area contributed by atoms with Crippen molar-refractivity contribution in [3.8, 4) is 45.3 Å². The molecule has 11 rings (SSSR count). The molecule has 2 aromatic heterocycles. The van der Waals surface area contributed by atoms with Gasteiger partial charge in [-0.1, -0.05) is 60.7 Å². The van der Waals surface area contributed by atoms with Crippen LogP contribution in [0.3, 0.4) is 0 Å². The Hall–Kier alpha value is -7.70. The lowest BCUT2D eigenvalue weighted by Crippen LogP contribution is -2.26. The molecule has 6 nitrogen and oxygen atoms in total. The summed E-state index contributed by atoms with van der Waals surface area (Å²) in [7, 11) is 0. The second-order valence-corrected chi connectivity index (χ2v) is 21.5. The predicted octanol–water partition coefficient (Wildman–Crippen LogP) is 17.6. The van der Waals surface area contributed by atoms with E-state index < -0.39 is 0 Å². The number of anilines is 6. The third kappa shape index (κ3) is 7.27. The van der Waals surface area contributed by atoms with E-state index in [0.717, 1.165) is 52.2 Å². The Labute approximate surface area is 439 Å². The second-order valence-electron chi connectivity index (χ2n) is 21.5. The van der Waals surface area contributed by atoms with Crippen LogP contribution >= 0.6 is 0 Å². The lowest BCUT2D eigenvalue weighted by molar-refractivity contribution is 0.984. The fourth-order valence-corrected chi connectivity index (χ4v) is 12.4. The van der Waals surface area contributed by atoms with E-state index >= 15 is 0 Å². The van der Waals surface area contributed by atoms with Gasteiger partial charge in [0.1, 0.15) is 5.82 Å². The average Bonchev–Trinajstić information content (AvgIpc) is 3.46. The Morgan fingerprint density at radius 3 is 1.05 bits per heavy atom. The molecule has 2 aliphatic heterocycles. The van der Waals surface area contributed by atoms with Crippen molar-refractivity contribution in [3.63, 3.8) is 0 Å². The molecule has 7 aromatic carbocycles. The van der Waals surface area contributed by atoms with E-state index in [1.165, 1.54) is 134 Å². The van der Waals surface area contributed by atoms with Crippen LogP contribution in [-0.2, 0) is 12.8 Å². The molecular weight excluding hydrogens is 901 g/mol. The lowest BCUT2D eigenvalue weighted by atomic mass is 9.80. The Morgan fingerprint density at radius 1 is 0.311 bits per heavy atom. The number of rotatable bonds is 6. The Balaban J connectivity index is 1.29. The van der Waals surface area contributed by atoms with Crippen LogP contribution in [0.2, 0.25) is 0 Å². The molecule has 0 saturated carbocycles. The molecule has 370 valence electrons. The maximum absolute atomic E-state index is 5.59.